The van der Waals surface area contributed by atoms with Crippen molar-refractivity contribution in [3.63, 3.8) is 0 Å². The van der Waals surface area contributed by atoms with Crippen LogP contribution in [0.3, 0.4) is 0 Å². The summed E-state index contributed by atoms with van der Waals surface area (Å²) in [4.78, 5) is 23.9. The Balaban J connectivity index is 1.56. The van der Waals surface area contributed by atoms with Gasteiger partial charge >= 0.3 is 5.69 Å². The molecule has 7 heteroatoms. The molecular formula is C17H28N4O3. The number of nitrogens with zero attached hydrogens (tertiary/aromatic N) is 2. The molecule has 1 aromatic heterocycles. The summed E-state index contributed by atoms with van der Waals surface area (Å²) in [6.07, 6.45) is 7.72. The number of carbonyl (C=O) groups excluding carboxylic acids is 1. The van der Waals surface area contributed by atoms with Crippen molar-refractivity contribution in [1.29, 1.82) is 0 Å². The van der Waals surface area contributed by atoms with E-state index in [1.807, 2.05) is 0 Å². The van der Waals surface area contributed by atoms with Crippen molar-refractivity contribution in [2.24, 2.45) is 18.9 Å². The first-order valence-electron chi connectivity index (χ1n) is 9.11. The van der Waals surface area contributed by atoms with Crippen LogP contribution in [-0.4, -0.2) is 39.9 Å². The molecule has 1 aliphatic carbocycles. The highest BCUT2D eigenvalue weighted by Crippen LogP contribution is 2.27. The Morgan fingerprint density at radius 1 is 1.29 bits per heavy atom. The predicted molar refractivity (Wildman–Crippen MR) is 89.6 cm³/mol. The van der Waals surface area contributed by atoms with Crippen LogP contribution in [0.1, 0.15) is 50.8 Å². The maximum Gasteiger partial charge on any atom is 0.343 e. The van der Waals surface area contributed by atoms with E-state index in [1.165, 1.54) is 6.42 Å². The van der Waals surface area contributed by atoms with Crippen LogP contribution in [0.2, 0.25) is 0 Å². The second kappa shape index (κ2) is 7.96. The van der Waals surface area contributed by atoms with Crippen LogP contribution < -0.4 is 11.0 Å². The number of nitrogens with one attached hydrogen (secondary N) is 2. The molecule has 0 spiro atoms. The fraction of sp³-hybridized carbons (Fsp3) is 0.824. The van der Waals surface area contributed by atoms with Crippen LogP contribution in [0.5, 0.6) is 0 Å². The van der Waals surface area contributed by atoms with Gasteiger partial charge in [0.2, 0.25) is 5.91 Å². The summed E-state index contributed by atoms with van der Waals surface area (Å²) in [5.74, 6) is 1.74. The molecule has 24 heavy (non-hydrogen) atoms. The highest BCUT2D eigenvalue weighted by Gasteiger charge is 2.29. The molecule has 2 atom stereocenters. The molecule has 1 saturated carbocycles. The van der Waals surface area contributed by atoms with Gasteiger partial charge in [-0.15, -0.1) is 0 Å². The minimum absolute atomic E-state index is 0.162. The summed E-state index contributed by atoms with van der Waals surface area (Å²) in [7, 11) is 1.74. The smallest absolute Gasteiger partial charge is 0.343 e. The lowest BCUT2D eigenvalue weighted by Gasteiger charge is -2.32. The lowest BCUT2D eigenvalue weighted by molar-refractivity contribution is -0.124. The summed E-state index contributed by atoms with van der Waals surface area (Å²) in [6.45, 7) is 1.55. The number of hydrogen-bond acceptors (Lipinski definition) is 4. The maximum absolute atomic E-state index is 12.4. The fourth-order valence-corrected chi connectivity index (χ4v) is 3.92. The summed E-state index contributed by atoms with van der Waals surface area (Å²) < 4.78 is 6.92. The largest absolute Gasteiger partial charge is 0.381 e. The van der Waals surface area contributed by atoms with Crippen molar-refractivity contribution in [2.75, 3.05) is 13.2 Å². The normalized spacial score (nSPS) is 25.5. The highest BCUT2D eigenvalue weighted by molar-refractivity contribution is 5.76. The monoisotopic (exact) mass is 336 g/mol. The van der Waals surface area contributed by atoms with Crippen molar-refractivity contribution in [3.8, 4) is 0 Å². The predicted octanol–water partition coefficient (Wildman–Crippen LogP) is 1.14. The number of carbonyl (C=O) groups is 1. The molecule has 2 N–H and O–H groups in total. The minimum Gasteiger partial charge on any atom is -0.381 e. The Labute approximate surface area is 142 Å². The third kappa shape index (κ3) is 4.26. The minimum atomic E-state index is -0.180. The molecule has 7 nitrogen and oxygen atoms in total. The van der Waals surface area contributed by atoms with Crippen LogP contribution in [0.15, 0.2) is 4.79 Å². The number of ether oxygens (including phenoxy) is 1. The number of hydrogen-bond donors (Lipinski definition) is 2. The van der Waals surface area contributed by atoms with Crippen LogP contribution in [0, 0.1) is 11.8 Å². The lowest BCUT2D eigenvalue weighted by atomic mass is 9.82. The van der Waals surface area contributed by atoms with Crippen LogP contribution >= 0.6 is 0 Å². The van der Waals surface area contributed by atoms with E-state index in [1.54, 1.807) is 11.6 Å². The van der Waals surface area contributed by atoms with Crippen LogP contribution in [0.25, 0.3) is 0 Å². The van der Waals surface area contributed by atoms with Crippen molar-refractivity contribution in [3.05, 3.63) is 16.3 Å². The summed E-state index contributed by atoms with van der Waals surface area (Å²) >= 11 is 0. The Morgan fingerprint density at radius 2 is 2.04 bits per heavy atom. The van der Waals surface area contributed by atoms with E-state index in [0.29, 0.717) is 18.3 Å². The molecule has 2 aliphatic rings. The van der Waals surface area contributed by atoms with Crippen molar-refractivity contribution in [1.82, 2.24) is 20.1 Å². The second-order valence-electron chi connectivity index (χ2n) is 7.19. The zero-order valence-corrected chi connectivity index (χ0v) is 14.4. The van der Waals surface area contributed by atoms with Crippen LogP contribution in [0.4, 0.5) is 0 Å². The maximum atomic E-state index is 12.4. The molecule has 134 valence electrons. The molecular weight excluding hydrogens is 308 g/mol. The number of H-pyrrole nitrogens is 1. The molecule has 1 aromatic rings. The van der Waals surface area contributed by atoms with E-state index in [9.17, 15) is 9.59 Å². The Hall–Kier alpha value is -1.63. The molecule has 0 bridgehead atoms. The van der Waals surface area contributed by atoms with Gasteiger partial charge in [-0.3, -0.25) is 9.36 Å². The van der Waals surface area contributed by atoms with Crippen LogP contribution in [-0.2, 0) is 23.0 Å². The number of rotatable bonds is 5. The van der Waals surface area contributed by atoms with E-state index < -0.39 is 0 Å². The molecule has 3 rings (SSSR count). The highest BCUT2D eigenvalue weighted by atomic mass is 16.5. The molecule has 0 unspecified atom stereocenters. The van der Waals surface area contributed by atoms with E-state index in [4.69, 9.17) is 4.74 Å². The van der Waals surface area contributed by atoms with Gasteiger partial charge in [0, 0.05) is 39.1 Å². The summed E-state index contributed by atoms with van der Waals surface area (Å²) in [5, 5.41) is 9.87. The van der Waals surface area contributed by atoms with Gasteiger partial charge in [-0.25, -0.2) is 9.89 Å². The first-order valence-corrected chi connectivity index (χ1v) is 9.11. The van der Waals surface area contributed by atoms with Gasteiger partial charge in [-0.2, -0.15) is 5.10 Å². The first-order chi connectivity index (χ1) is 11.6. The van der Waals surface area contributed by atoms with E-state index in [-0.39, 0.29) is 17.6 Å². The average molecular weight is 336 g/mol. The molecule has 2 fully saturated rings. The second-order valence-corrected chi connectivity index (χ2v) is 7.19. The third-order valence-corrected chi connectivity index (χ3v) is 5.49. The lowest BCUT2D eigenvalue weighted by Crippen LogP contribution is -2.44. The zero-order valence-electron chi connectivity index (χ0n) is 14.4. The Morgan fingerprint density at radius 3 is 2.75 bits per heavy atom. The van der Waals surface area contributed by atoms with Crippen molar-refractivity contribution in [2.45, 2.75) is 57.4 Å². The SMILES string of the molecule is Cn1c(C[C@H]2CCCC[C@H]2NC(=O)CC2CCOCC2)n[nH]c1=O. The van der Waals surface area contributed by atoms with Crippen molar-refractivity contribution >= 4 is 5.91 Å². The van der Waals surface area contributed by atoms with Gasteiger partial charge in [0.05, 0.1) is 0 Å². The molecule has 1 aliphatic heterocycles. The number of amides is 1. The zero-order chi connectivity index (χ0) is 16.9. The third-order valence-electron chi connectivity index (χ3n) is 5.49. The van der Waals surface area contributed by atoms with Gasteiger partial charge in [0.1, 0.15) is 5.82 Å². The Bertz CT molecular complexity index is 603. The fourth-order valence-electron chi connectivity index (χ4n) is 3.92. The first kappa shape index (κ1) is 17.2. The quantitative estimate of drug-likeness (QED) is 0.844. The molecule has 0 aromatic carbocycles. The molecule has 0 radical (unpaired) electrons. The molecule has 1 amide bonds. The summed E-state index contributed by atoms with van der Waals surface area (Å²) in [5.41, 5.74) is -0.180. The average Bonchev–Trinajstić information content (AvgIpc) is 2.89. The van der Waals surface area contributed by atoms with Gasteiger partial charge < -0.3 is 10.1 Å². The molecule has 1 saturated heterocycles. The van der Waals surface area contributed by atoms with E-state index in [0.717, 1.165) is 57.6 Å². The number of aromatic amines is 1. The standard InChI is InChI=1S/C17H28N4O3/c1-21-15(19-20-17(21)23)11-13-4-2-3-5-14(13)18-16(22)10-12-6-8-24-9-7-12/h12-14H,2-11H2,1H3,(H,18,22)(H,20,23)/t13-,14-/m1/s1. The van der Waals surface area contributed by atoms with Gasteiger partial charge in [0.25, 0.3) is 0 Å². The molecule has 2 heterocycles. The number of aromatic nitrogens is 3. The van der Waals surface area contributed by atoms with Gasteiger partial charge in [-0.1, -0.05) is 12.8 Å². The topological polar surface area (TPSA) is 89.0 Å². The van der Waals surface area contributed by atoms with Gasteiger partial charge in [0.15, 0.2) is 0 Å². The van der Waals surface area contributed by atoms with Crippen molar-refractivity contribution < 1.29 is 9.53 Å². The summed E-state index contributed by atoms with van der Waals surface area (Å²) in [6, 6.07) is 0.192. The van der Waals surface area contributed by atoms with E-state index in [2.05, 4.69) is 15.5 Å². The Kier molecular flexibility index (Phi) is 5.71. The van der Waals surface area contributed by atoms with Gasteiger partial charge in [-0.05, 0) is 37.5 Å². The van der Waals surface area contributed by atoms with E-state index >= 15 is 0 Å².